The van der Waals surface area contributed by atoms with Crippen molar-refractivity contribution in [2.75, 3.05) is 19.6 Å². The Morgan fingerprint density at radius 2 is 2.25 bits per heavy atom. The fourth-order valence-corrected chi connectivity index (χ4v) is 3.19. The molecule has 2 N–H and O–H groups in total. The molecule has 1 amide bonds. The first-order chi connectivity index (χ1) is 11.6. The predicted molar refractivity (Wildman–Crippen MR) is 87.9 cm³/mol. The van der Waals surface area contributed by atoms with Crippen molar-refractivity contribution in [3.63, 3.8) is 0 Å². The van der Waals surface area contributed by atoms with Gasteiger partial charge in [-0.3, -0.25) is 9.36 Å². The Labute approximate surface area is 139 Å². The van der Waals surface area contributed by atoms with Gasteiger partial charge in [-0.2, -0.15) is 8.78 Å². The number of rotatable bonds is 7. The molecule has 5 nitrogen and oxygen atoms in total. The molecule has 1 saturated heterocycles. The minimum atomic E-state index is -2.64. The Balaban J connectivity index is 1.53. The van der Waals surface area contributed by atoms with Gasteiger partial charge in [-0.25, -0.2) is 4.98 Å². The number of nitrogens with one attached hydrogen (secondary N) is 2. The maximum atomic E-state index is 13.3. The maximum Gasteiger partial charge on any atom is 0.320 e. The lowest BCUT2D eigenvalue weighted by atomic mass is 10.0. The number of carbonyl (C=O) groups excluding carboxylic acids is 1. The SMILES string of the molecule is O=C(CCC1CCNC1)NCCc1nc2ccccc2n1C(F)F. The van der Waals surface area contributed by atoms with Crippen LogP contribution in [-0.2, 0) is 11.2 Å². The van der Waals surface area contributed by atoms with Gasteiger partial charge < -0.3 is 10.6 Å². The molecule has 0 bridgehead atoms. The minimum Gasteiger partial charge on any atom is -0.356 e. The summed E-state index contributed by atoms with van der Waals surface area (Å²) >= 11 is 0. The molecule has 0 spiro atoms. The molecule has 1 atom stereocenters. The standard InChI is InChI=1S/C17H22F2N4O/c18-17(19)23-14-4-2-1-3-13(14)22-15(23)8-10-21-16(24)6-5-12-7-9-20-11-12/h1-4,12,17,20H,5-11H2,(H,21,24). The van der Waals surface area contributed by atoms with Crippen molar-refractivity contribution in [1.82, 2.24) is 20.2 Å². The highest BCUT2D eigenvalue weighted by Crippen LogP contribution is 2.23. The lowest BCUT2D eigenvalue weighted by molar-refractivity contribution is -0.121. The van der Waals surface area contributed by atoms with E-state index in [1.54, 1.807) is 24.3 Å². The van der Waals surface area contributed by atoms with E-state index in [0.717, 1.165) is 30.5 Å². The summed E-state index contributed by atoms with van der Waals surface area (Å²) in [5.74, 6) is 0.840. The minimum absolute atomic E-state index is 0.0263. The van der Waals surface area contributed by atoms with Gasteiger partial charge in [-0.05, 0) is 44.0 Å². The van der Waals surface area contributed by atoms with E-state index in [4.69, 9.17) is 0 Å². The molecule has 2 aromatic rings. The van der Waals surface area contributed by atoms with Gasteiger partial charge in [0, 0.05) is 19.4 Å². The Morgan fingerprint density at radius 1 is 1.42 bits per heavy atom. The first-order valence-electron chi connectivity index (χ1n) is 8.36. The molecule has 1 aliphatic heterocycles. The van der Waals surface area contributed by atoms with E-state index in [1.807, 2.05) is 0 Å². The van der Waals surface area contributed by atoms with Gasteiger partial charge in [0.2, 0.25) is 5.91 Å². The second kappa shape index (κ2) is 7.70. The van der Waals surface area contributed by atoms with Crippen molar-refractivity contribution in [2.24, 2.45) is 5.92 Å². The number of nitrogens with zero attached hydrogens (tertiary/aromatic N) is 2. The molecule has 1 aliphatic rings. The van der Waals surface area contributed by atoms with Crippen molar-refractivity contribution in [3.8, 4) is 0 Å². The number of hydrogen-bond donors (Lipinski definition) is 2. The zero-order valence-electron chi connectivity index (χ0n) is 13.5. The summed E-state index contributed by atoms with van der Waals surface area (Å²) in [5.41, 5.74) is 0.968. The summed E-state index contributed by atoms with van der Waals surface area (Å²) in [5, 5.41) is 6.08. The zero-order chi connectivity index (χ0) is 16.9. The van der Waals surface area contributed by atoms with Gasteiger partial charge in [-0.1, -0.05) is 12.1 Å². The highest BCUT2D eigenvalue weighted by molar-refractivity contribution is 5.76. The summed E-state index contributed by atoms with van der Waals surface area (Å²) < 4.78 is 27.5. The van der Waals surface area contributed by atoms with Crippen molar-refractivity contribution in [3.05, 3.63) is 30.1 Å². The van der Waals surface area contributed by atoms with Crippen molar-refractivity contribution in [1.29, 1.82) is 0 Å². The van der Waals surface area contributed by atoms with Gasteiger partial charge in [0.15, 0.2) is 0 Å². The molecule has 1 aromatic carbocycles. The Hall–Kier alpha value is -2.02. The Kier molecular flexibility index (Phi) is 5.40. The van der Waals surface area contributed by atoms with E-state index in [0.29, 0.717) is 35.7 Å². The summed E-state index contributed by atoms with van der Waals surface area (Å²) in [4.78, 5) is 16.1. The number of alkyl halides is 2. The highest BCUT2D eigenvalue weighted by atomic mass is 19.3. The number of amides is 1. The third-order valence-electron chi connectivity index (χ3n) is 4.48. The Bertz CT molecular complexity index is 695. The summed E-state index contributed by atoms with van der Waals surface area (Å²) in [7, 11) is 0. The number of carbonyl (C=O) groups is 1. The second-order valence-electron chi connectivity index (χ2n) is 6.16. The first kappa shape index (κ1) is 16.8. The van der Waals surface area contributed by atoms with Crippen LogP contribution in [0.3, 0.4) is 0 Å². The molecular weight excluding hydrogens is 314 g/mol. The molecule has 1 fully saturated rings. The van der Waals surface area contributed by atoms with Crippen LogP contribution in [0.2, 0.25) is 0 Å². The van der Waals surface area contributed by atoms with Crippen LogP contribution in [-0.4, -0.2) is 35.1 Å². The average molecular weight is 336 g/mol. The molecule has 24 heavy (non-hydrogen) atoms. The summed E-state index contributed by atoms with van der Waals surface area (Å²) in [6, 6.07) is 6.83. The van der Waals surface area contributed by atoms with Crippen LogP contribution in [0.5, 0.6) is 0 Å². The van der Waals surface area contributed by atoms with Gasteiger partial charge in [-0.15, -0.1) is 0 Å². The van der Waals surface area contributed by atoms with Crippen LogP contribution >= 0.6 is 0 Å². The molecule has 0 saturated carbocycles. The lowest BCUT2D eigenvalue weighted by Gasteiger charge is -2.10. The molecule has 2 heterocycles. The third kappa shape index (κ3) is 3.90. The number of imidazole rings is 1. The zero-order valence-corrected chi connectivity index (χ0v) is 13.5. The normalized spacial score (nSPS) is 17.7. The Morgan fingerprint density at radius 3 is 3.00 bits per heavy atom. The molecule has 1 unspecified atom stereocenters. The molecule has 7 heteroatoms. The summed E-state index contributed by atoms with van der Waals surface area (Å²) in [6.45, 7) is -0.322. The lowest BCUT2D eigenvalue weighted by Crippen LogP contribution is -2.27. The number of benzene rings is 1. The van der Waals surface area contributed by atoms with Gasteiger partial charge in [0.1, 0.15) is 5.82 Å². The molecule has 0 aliphatic carbocycles. The number of fused-ring (bicyclic) bond motifs is 1. The molecular formula is C17H22F2N4O. The van der Waals surface area contributed by atoms with Crippen LogP contribution in [0, 0.1) is 5.92 Å². The fraction of sp³-hybridized carbons (Fsp3) is 0.529. The molecule has 3 rings (SSSR count). The molecule has 0 radical (unpaired) electrons. The number of para-hydroxylation sites is 2. The molecule has 1 aromatic heterocycles. The van der Waals surface area contributed by atoms with E-state index in [-0.39, 0.29) is 12.3 Å². The van der Waals surface area contributed by atoms with Crippen molar-refractivity contribution in [2.45, 2.75) is 32.2 Å². The second-order valence-corrected chi connectivity index (χ2v) is 6.16. The average Bonchev–Trinajstić information content (AvgIpc) is 3.20. The maximum absolute atomic E-state index is 13.3. The highest BCUT2D eigenvalue weighted by Gasteiger charge is 2.18. The fourth-order valence-electron chi connectivity index (χ4n) is 3.19. The number of hydrogen-bond acceptors (Lipinski definition) is 3. The van der Waals surface area contributed by atoms with Crippen LogP contribution in [0.25, 0.3) is 11.0 Å². The van der Waals surface area contributed by atoms with Gasteiger partial charge >= 0.3 is 6.55 Å². The molecule has 130 valence electrons. The van der Waals surface area contributed by atoms with Crippen molar-refractivity contribution >= 4 is 16.9 Å². The van der Waals surface area contributed by atoms with E-state index in [2.05, 4.69) is 15.6 Å². The third-order valence-corrected chi connectivity index (χ3v) is 4.48. The van der Waals surface area contributed by atoms with Gasteiger partial charge in [0.05, 0.1) is 11.0 Å². The monoisotopic (exact) mass is 336 g/mol. The van der Waals surface area contributed by atoms with Gasteiger partial charge in [0.25, 0.3) is 0 Å². The van der Waals surface area contributed by atoms with E-state index < -0.39 is 6.55 Å². The predicted octanol–water partition coefficient (Wildman–Crippen LogP) is 2.48. The quantitative estimate of drug-likeness (QED) is 0.817. The van der Waals surface area contributed by atoms with Crippen LogP contribution in [0.15, 0.2) is 24.3 Å². The van der Waals surface area contributed by atoms with Crippen LogP contribution < -0.4 is 10.6 Å². The number of aromatic nitrogens is 2. The van der Waals surface area contributed by atoms with Crippen molar-refractivity contribution < 1.29 is 13.6 Å². The van der Waals surface area contributed by atoms with E-state index >= 15 is 0 Å². The number of halogens is 2. The van der Waals surface area contributed by atoms with Crippen LogP contribution in [0.1, 0.15) is 31.6 Å². The largest absolute Gasteiger partial charge is 0.356 e. The smallest absolute Gasteiger partial charge is 0.320 e. The summed E-state index contributed by atoms with van der Waals surface area (Å²) in [6.07, 6.45) is 2.76. The van der Waals surface area contributed by atoms with E-state index in [1.165, 1.54) is 0 Å². The van der Waals surface area contributed by atoms with Crippen LogP contribution in [0.4, 0.5) is 8.78 Å². The topological polar surface area (TPSA) is 59.0 Å². The van der Waals surface area contributed by atoms with E-state index in [9.17, 15) is 13.6 Å². The first-order valence-corrected chi connectivity index (χ1v) is 8.36.